The molecule has 0 heterocycles. The summed E-state index contributed by atoms with van der Waals surface area (Å²) < 4.78 is 36.7. The number of ether oxygens (including phenoxy) is 2. The van der Waals surface area contributed by atoms with E-state index in [2.05, 4.69) is 16.0 Å². The number of rotatable bonds is 7. The van der Waals surface area contributed by atoms with Gasteiger partial charge in [-0.25, -0.2) is 8.42 Å². The topological polar surface area (TPSA) is 93.7 Å². The fraction of sp³-hybridized carbons (Fsp3) is 0.211. The first kappa shape index (κ1) is 20.3. The Balaban J connectivity index is 2.21. The van der Waals surface area contributed by atoms with Gasteiger partial charge in [0, 0.05) is 17.3 Å². The molecular weight excluding hydrogens is 368 g/mol. The number of aryl methyl sites for hydroxylation is 1. The summed E-state index contributed by atoms with van der Waals surface area (Å²) in [7, 11) is -0.664. The number of hydrogen-bond donors (Lipinski definition) is 2. The molecule has 0 saturated heterocycles. The number of hydrogen-bond acceptors (Lipinski definition) is 5. The highest BCUT2D eigenvalue weighted by atomic mass is 32.2. The summed E-state index contributed by atoms with van der Waals surface area (Å²) in [4.78, 5) is 12.5. The van der Waals surface area contributed by atoms with Crippen molar-refractivity contribution in [3.05, 3.63) is 47.5 Å². The lowest BCUT2D eigenvalue weighted by Gasteiger charge is -2.14. The highest BCUT2D eigenvalue weighted by molar-refractivity contribution is 7.89. The number of sulfonamides is 1. The largest absolute Gasteiger partial charge is 0.493 e. The number of carbonyl (C=O) groups is 1. The Morgan fingerprint density at radius 3 is 2.26 bits per heavy atom. The molecule has 2 aromatic carbocycles. The zero-order valence-electron chi connectivity index (χ0n) is 15.2. The maximum atomic E-state index is 12.5. The normalized spacial score (nSPS) is 10.7. The molecule has 2 N–H and O–H groups in total. The van der Waals surface area contributed by atoms with Crippen molar-refractivity contribution in [3.63, 3.8) is 0 Å². The molecular formula is C19H20N2O5S. The van der Waals surface area contributed by atoms with Gasteiger partial charge >= 0.3 is 0 Å². The van der Waals surface area contributed by atoms with Crippen LogP contribution in [-0.2, 0) is 10.0 Å². The summed E-state index contributed by atoms with van der Waals surface area (Å²) in [6.07, 6.45) is 5.06. The quantitative estimate of drug-likeness (QED) is 0.709. The van der Waals surface area contributed by atoms with Crippen LogP contribution in [0.5, 0.6) is 11.5 Å². The number of anilines is 1. The van der Waals surface area contributed by atoms with Crippen molar-refractivity contribution in [2.75, 3.05) is 26.1 Å². The van der Waals surface area contributed by atoms with Crippen molar-refractivity contribution in [2.45, 2.75) is 11.8 Å². The highest BCUT2D eigenvalue weighted by Crippen LogP contribution is 2.33. The Morgan fingerprint density at radius 1 is 1.11 bits per heavy atom. The molecule has 0 aliphatic carbocycles. The number of amides is 1. The Morgan fingerprint density at radius 2 is 1.70 bits per heavy atom. The molecule has 0 fully saturated rings. The molecule has 0 saturated carbocycles. The van der Waals surface area contributed by atoms with Crippen LogP contribution < -0.4 is 19.5 Å². The Bertz CT molecular complexity index is 976. The minimum atomic E-state index is -3.70. The Hall–Kier alpha value is -3.02. The molecule has 0 aromatic heterocycles. The van der Waals surface area contributed by atoms with Crippen LogP contribution in [0, 0.1) is 19.3 Å². The van der Waals surface area contributed by atoms with E-state index in [4.69, 9.17) is 15.9 Å². The van der Waals surface area contributed by atoms with Crippen LogP contribution in [-0.4, -0.2) is 35.1 Å². The van der Waals surface area contributed by atoms with Crippen molar-refractivity contribution in [1.29, 1.82) is 0 Å². The molecule has 27 heavy (non-hydrogen) atoms. The molecule has 2 rings (SSSR count). The van der Waals surface area contributed by atoms with Crippen molar-refractivity contribution in [3.8, 4) is 23.8 Å². The van der Waals surface area contributed by atoms with Crippen LogP contribution in [0.1, 0.15) is 15.9 Å². The average Bonchev–Trinajstić information content (AvgIpc) is 2.67. The molecule has 0 aliphatic heterocycles. The summed E-state index contributed by atoms with van der Waals surface area (Å²) in [5, 5.41) is 2.78. The third kappa shape index (κ3) is 4.78. The first-order valence-corrected chi connectivity index (χ1v) is 9.38. The Kier molecular flexibility index (Phi) is 6.45. The third-order valence-electron chi connectivity index (χ3n) is 3.77. The van der Waals surface area contributed by atoms with E-state index >= 15 is 0 Å². The van der Waals surface area contributed by atoms with E-state index in [0.717, 1.165) is 5.56 Å². The number of terminal acetylenes is 1. The summed E-state index contributed by atoms with van der Waals surface area (Å²) in [5.74, 6) is 2.86. The third-order valence-corrected chi connectivity index (χ3v) is 5.19. The minimum absolute atomic E-state index is 0.0246. The molecule has 0 unspecified atom stereocenters. The highest BCUT2D eigenvalue weighted by Gasteiger charge is 2.15. The van der Waals surface area contributed by atoms with Gasteiger partial charge in [-0.3, -0.25) is 4.79 Å². The average molecular weight is 388 g/mol. The van der Waals surface area contributed by atoms with Crippen LogP contribution in [0.25, 0.3) is 0 Å². The molecule has 7 nitrogen and oxygen atoms in total. The predicted octanol–water partition coefficient (Wildman–Crippen LogP) is 2.18. The lowest BCUT2D eigenvalue weighted by molar-refractivity contribution is 0.102. The molecule has 2 aromatic rings. The standard InChI is InChI=1S/C19H20N2O5S/c1-5-10-20-27(23,24)15-8-6-14(7-9-15)19(22)21-16-12-18(26-4)17(25-3)11-13(16)2/h1,6-9,11-12,20H,10H2,2-4H3,(H,21,22). The fourth-order valence-corrected chi connectivity index (χ4v) is 3.25. The van der Waals surface area contributed by atoms with E-state index in [0.29, 0.717) is 22.7 Å². The van der Waals surface area contributed by atoms with E-state index < -0.39 is 10.0 Å². The van der Waals surface area contributed by atoms with Gasteiger partial charge in [-0.15, -0.1) is 6.42 Å². The molecule has 0 spiro atoms. The number of methoxy groups -OCH3 is 2. The van der Waals surface area contributed by atoms with Gasteiger partial charge in [0.2, 0.25) is 10.0 Å². The SMILES string of the molecule is C#CCNS(=O)(=O)c1ccc(C(=O)Nc2cc(OC)c(OC)cc2C)cc1. The van der Waals surface area contributed by atoms with Gasteiger partial charge in [-0.05, 0) is 42.8 Å². The first-order chi connectivity index (χ1) is 12.8. The second-order valence-corrected chi connectivity index (χ2v) is 7.30. The zero-order valence-corrected chi connectivity index (χ0v) is 16.0. The molecule has 0 aliphatic rings. The zero-order chi connectivity index (χ0) is 20.0. The molecule has 142 valence electrons. The second-order valence-electron chi connectivity index (χ2n) is 5.53. The van der Waals surface area contributed by atoms with Gasteiger partial charge in [0.05, 0.1) is 25.7 Å². The van der Waals surface area contributed by atoms with E-state index in [1.54, 1.807) is 12.1 Å². The van der Waals surface area contributed by atoms with E-state index in [1.165, 1.54) is 38.5 Å². The van der Waals surface area contributed by atoms with E-state index in [9.17, 15) is 13.2 Å². The molecule has 0 atom stereocenters. The molecule has 0 bridgehead atoms. The van der Waals surface area contributed by atoms with Gasteiger partial charge in [0.1, 0.15) is 0 Å². The molecule has 8 heteroatoms. The summed E-state index contributed by atoms with van der Waals surface area (Å²) >= 11 is 0. The van der Waals surface area contributed by atoms with E-state index in [-0.39, 0.29) is 17.3 Å². The van der Waals surface area contributed by atoms with Crippen LogP contribution in [0.4, 0.5) is 5.69 Å². The Labute approximate surface area is 158 Å². The second kappa shape index (κ2) is 8.58. The summed E-state index contributed by atoms with van der Waals surface area (Å²) in [6.45, 7) is 1.72. The smallest absolute Gasteiger partial charge is 0.255 e. The van der Waals surface area contributed by atoms with Gasteiger partial charge < -0.3 is 14.8 Å². The lowest BCUT2D eigenvalue weighted by Crippen LogP contribution is -2.24. The van der Waals surface area contributed by atoms with E-state index in [1.807, 2.05) is 6.92 Å². The van der Waals surface area contributed by atoms with Crippen molar-refractivity contribution < 1.29 is 22.7 Å². The van der Waals surface area contributed by atoms with Gasteiger partial charge in [-0.2, -0.15) is 4.72 Å². The maximum Gasteiger partial charge on any atom is 0.255 e. The van der Waals surface area contributed by atoms with Crippen molar-refractivity contribution in [2.24, 2.45) is 0 Å². The number of carbonyl (C=O) groups excluding carboxylic acids is 1. The molecule has 0 radical (unpaired) electrons. The minimum Gasteiger partial charge on any atom is -0.493 e. The summed E-state index contributed by atoms with van der Waals surface area (Å²) in [6, 6.07) is 8.95. The van der Waals surface area contributed by atoms with Crippen LogP contribution in [0.3, 0.4) is 0 Å². The lowest BCUT2D eigenvalue weighted by atomic mass is 10.1. The monoisotopic (exact) mass is 388 g/mol. The van der Waals surface area contributed by atoms with Crippen molar-refractivity contribution in [1.82, 2.24) is 4.72 Å². The number of nitrogens with one attached hydrogen (secondary N) is 2. The fourth-order valence-electron chi connectivity index (χ4n) is 2.32. The van der Waals surface area contributed by atoms with Crippen LogP contribution in [0.2, 0.25) is 0 Å². The van der Waals surface area contributed by atoms with Crippen LogP contribution in [0.15, 0.2) is 41.3 Å². The van der Waals surface area contributed by atoms with Gasteiger partial charge in [0.25, 0.3) is 5.91 Å². The van der Waals surface area contributed by atoms with Crippen LogP contribution >= 0.6 is 0 Å². The first-order valence-electron chi connectivity index (χ1n) is 7.89. The van der Waals surface area contributed by atoms with Gasteiger partial charge in [-0.1, -0.05) is 5.92 Å². The summed E-state index contributed by atoms with van der Waals surface area (Å²) in [5.41, 5.74) is 1.66. The predicted molar refractivity (Wildman–Crippen MR) is 103 cm³/mol. The van der Waals surface area contributed by atoms with Gasteiger partial charge in [0.15, 0.2) is 11.5 Å². The maximum absolute atomic E-state index is 12.5. The van der Waals surface area contributed by atoms with Crippen molar-refractivity contribution >= 4 is 21.6 Å². The number of benzene rings is 2. The molecule has 1 amide bonds.